The molecule has 0 radical (unpaired) electrons. The highest BCUT2D eigenvalue weighted by molar-refractivity contribution is 8.15. The van der Waals surface area contributed by atoms with Gasteiger partial charge >= 0.3 is 5.97 Å². The molecule has 0 N–H and O–H groups in total. The van der Waals surface area contributed by atoms with E-state index in [-0.39, 0.29) is 17.1 Å². The Kier molecular flexibility index (Phi) is 5.51. The number of ether oxygens (including phenoxy) is 1. The van der Waals surface area contributed by atoms with Crippen LogP contribution in [-0.2, 0) is 14.3 Å². The van der Waals surface area contributed by atoms with Crippen LogP contribution in [0.2, 0.25) is 0 Å². The summed E-state index contributed by atoms with van der Waals surface area (Å²) in [5.41, 5.74) is 1.96. The van der Waals surface area contributed by atoms with Gasteiger partial charge in [-0.25, -0.2) is 9.79 Å². The lowest BCUT2D eigenvalue weighted by Crippen LogP contribution is -2.40. The van der Waals surface area contributed by atoms with Crippen LogP contribution < -0.4 is 0 Å². The molecule has 5 nitrogen and oxygen atoms in total. The minimum atomic E-state index is -0.486. The average molecular weight is 372 g/mol. The first-order chi connectivity index (χ1) is 12.4. The normalized spacial score (nSPS) is 22.6. The van der Waals surface area contributed by atoms with E-state index >= 15 is 0 Å². The Morgan fingerprint density at radius 3 is 2.62 bits per heavy atom. The Bertz CT molecular complexity index is 771. The smallest absolute Gasteiger partial charge is 0.338 e. The Hall–Kier alpha value is -2.08. The summed E-state index contributed by atoms with van der Waals surface area (Å²) in [6.07, 6.45) is 0.729. The molecule has 1 fully saturated rings. The molecule has 1 aromatic rings. The van der Waals surface area contributed by atoms with Gasteiger partial charge in [0.05, 0.1) is 29.2 Å². The lowest BCUT2D eigenvalue weighted by atomic mass is 9.94. The fourth-order valence-corrected chi connectivity index (χ4v) is 4.25. The molecule has 0 bridgehead atoms. The second kappa shape index (κ2) is 7.66. The average Bonchev–Trinajstić information content (AvgIpc) is 2.94. The third-order valence-corrected chi connectivity index (χ3v) is 5.72. The highest BCUT2D eigenvalue weighted by Gasteiger charge is 2.47. The molecule has 26 heavy (non-hydrogen) atoms. The first kappa shape index (κ1) is 18.7. The van der Waals surface area contributed by atoms with E-state index in [9.17, 15) is 9.59 Å². The zero-order chi connectivity index (χ0) is 18.8. The van der Waals surface area contributed by atoms with Crippen LogP contribution in [0.1, 0.15) is 45.7 Å². The van der Waals surface area contributed by atoms with Crippen LogP contribution >= 0.6 is 11.8 Å². The van der Waals surface area contributed by atoms with Gasteiger partial charge in [0.15, 0.2) is 5.17 Å². The summed E-state index contributed by atoms with van der Waals surface area (Å²) in [5.74, 6) is -0.150. The Morgan fingerprint density at radius 2 is 2.00 bits per heavy atom. The number of hydrogen-bond acceptors (Lipinski definition) is 5. The van der Waals surface area contributed by atoms with Crippen LogP contribution in [0.25, 0.3) is 0 Å². The number of hydrogen-bond donors (Lipinski definition) is 0. The summed E-state index contributed by atoms with van der Waals surface area (Å²) >= 11 is 1.48. The van der Waals surface area contributed by atoms with Crippen molar-refractivity contribution in [2.45, 2.75) is 45.4 Å². The highest BCUT2D eigenvalue weighted by Crippen LogP contribution is 2.43. The molecule has 0 unspecified atom stereocenters. The lowest BCUT2D eigenvalue weighted by Gasteiger charge is -2.33. The van der Waals surface area contributed by atoms with Gasteiger partial charge in [0.1, 0.15) is 0 Å². The Morgan fingerprint density at radius 1 is 1.31 bits per heavy atom. The van der Waals surface area contributed by atoms with Gasteiger partial charge in [0.25, 0.3) is 0 Å². The second-order valence-electron chi connectivity index (χ2n) is 6.92. The van der Waals surface area contributed by atoms with Gasteiger partial charge in [-0.2, -0.15) is 0 Å². The molecule has 1 amide bonds. The molecule has 2 atom stereocenters. The fourth-order valence-electron chi connectivity index (χ4n) is 3.12. The SMILES string of the molecule is CC[C@@H]1SC2=NC(C)=C(C(=O)OCC(C)C)[C@@H](c3ccccc3)N2C1=O. The molecular weight excluding hydrogens is 348 g/mol. The molecule has 2 heterocycles. The van der Waals surface area contributed by atoms with Crippen LogP contribution in [0.3, 0.4) is 0 Å². The molecule has 1 saturated heterocycles. The Labute approximate surface area is 158 Å². The van der Waals surface area contributed by atoms with Gasteiger partial charge in [-0.3, -0.25) is 9.69 Å². The molecular formula is C20H24N2O3S. The lowest BCUT2D eigenvalue weighted by molar-refractivity contribution is -0.141. The van der Waals surface area contributed by atoms with Gasteiger partial charge in [0.2, 0.25) is 5.91 Å². The van der Waals surface area contributed by atoms with Crippen molar-refractivity contribution in [1.82, 2.24) is 4.90 Å². The zero-order valence-corrected chi connectivity index (χ0v) is 16.4. The molecule has 1 aromatic carbocycles. The van der Waals surface area contributed by atoms with Crippen molar-refractivity contribution >= 4 is 28.8 Å². The molecule has 0 aromatic heterocycles. The van der Waals surface area contributed by atoms with E-state index in [1.165, 1.54) is 11.8 Å². The number of rotatable bonds is 5. The molecule has 6 heteroatoms. The number of benzene rings is 1. The van der Waals surface area contributed by atoms with Crippen molar-refractivity contribution in [3.05, 3.63) is 47.2 Å². The number of thioether (sulfide) groups is 1. The standard InChI is InChI=1S/C20H24N2O3S/c1-5-15-18(23)22-17(14-9-7-6-8-10-14)16(13(4)21-20(22)26-15)19(24)25-11-12(2)3/h6-10,12,15,17H,5,11H2,1-4H3/t15-,17+/m0/s1. The summed E-state index contributed by atoms with van der Waals surface area (Å²) in [6.45, 7) is 8.13. The van der Waals surface area contributed by atoms with E-state index < -0.39 is 12.0 Å². The number of nitrogens with zero attached hydrogens (tertiary/aromatic N) is 2. The zero-order valence-electron chi connectivity index (χ0n) is 15.6. The minimum Gasteiger partial charge on any atom is -0.462 e. The first-order valence-corrected chi connectivity index (χ1v) is 9.83. The third-order valence-electron chi connectivity index (χ3n) is 4.41. The predicted molar refractivity (Wildman–Crippen MR) is 104 cm³/mol. The molecule has 2 aliphatic rings. The van der Waals surface area contributed by atoms with Crippen molar-refractivity contribution in [3.8, 4) is 0 Å². The number of carbonyl (C=O) groups is 2. The quantitative estimate of drug-likeness (QED) is 0.735. The number of allylic oxidation sites excluding steroid dienone is 1. The Balaban J connectivity index is 2.05. The summed E-state index contributed by atoms with van der Waals surface area (Å²) in [4.78, 5) is 32.0. The summed E-state index contributed by atoms with van der Waals surface area (Å²) in [6, 6.07) is 9.14. The number of amides is 1. The van der Waals surface area contributed by atoms with Crippen LogP contribution in [0.5, 0.6) is 0 Å². The summed E-state index contributed by atoms with van der Waals surface area (Å²) < 4.78 is 5.49. The van der Waals surface area contributed by atoms with Crippen LogP contribution in [0.4, 0.5) is 0 Å². The molecule has 2 aliphatic heterocycles. The van der Waals surface area contributed by atoms with Crippen molar-refractivity contribution in [3.63, 3.8) is 0 Å². The van der Waals surface area contributed by atoms with E-state index in [4.69, 9.17) is 4.74 Å². The van der Waals surface area contributed by atoms with E-state index in [1.807, 2.05) is 58.0 Å². The van der Waals surface area contributed by atoms with Crippen molar-refractivity contribution < 1.29 is 14.3 Å². The van der Waals surface area contributed by atoms with Crippen LogP contribution in [0.15, 0.2) is 46.6 Å². The summed E-state index contributed by atoms with van der Waals surface area (Å²) in [7, 11) is 0. The van der Waals surface area contributed by atoms with Crippen molar-refractivity contribution in [1.29, 1.82) is 0 Å². The number of esters is 1. The number of amidine groups is 1. The maximum Gasteiger partial charge on any atom is 0.338 e. The maximum atomic E-state index is 12.9. The van der Waals surface area contributed by atoms with Gasteiger partial charge < -0.3 is 4.74 Å². The monoisotopic (exact) mass is 372 g/mol. The van der Waals surface area contributed by atoms with E-state index in [0.717, 1.165) is 12.0 Å². The fraction of sp³-hybridized carbons (Fsp3) is 0.450. The number of carbonyl (C=O) groups excluding carboxylic acids is 2. The van der Waals surface area contributed by atoms with E-state index in [0.29, 0.717) is 23.0 Å². The van der Waals surface area contributed by atoms with Gasteiger partial charge in [-0.15, -0.1) is 0 Å². The number of aliphatic imine (C=N–C) groups is 1. The van der Waals surface area contributed by atoms with Gasteiger partial charge in [0, 0.05) is 0 Å². The van der Waals surface area contributed by atoms with Crippen LogP contribution in [0, 0.1) is 5.92 Å². The number of fused-ring (bicyclic) bond motifs is 1. The molecule has 3 rings (SSSR count). The second-order valence-corrected chi connectivity index (χ2v) is 8.09. The summed E-state index contributed by atoms with van der Waals surface area (Å²) in [5, 5.41) is 0.521. The third kappa shape index (κ3) is 3.43. The van der Waals surface area contributed by atoms with Gasteiger partial charge in [-0.05, 0) is 24.8 Å². The van der Waals surface area contributed by atoms with Crippen molar-refractivity contribution in [2.75, 3.05) is 6.61 Å². The predicted octanol–water partition coefficient (Wildman–Crippen LogP) is 3.92. The first-order valence-electron chi connectivity index (χ1n) is 8.95. The highest BCUT2D eigenvalue weighted by atomic mass is 32.2. The largest absolute Gasteiger partial charge is 0.462 e. The maximum absolute atomic E-state index is 12.9. The van der Waals surface area contributed by atoms with E-state index in [1.54, 1.807) is 4.90 Å². The van der Waals surface area contributed by atoms with E-state index in [2.05, 4.69) is 4.99 Å². The molecule has 0 aliphatic carbocycles. The molecule has 0 saturated carbocycles. The minimum absolute atomic E-state index is 0.00626. The topological polar surface area (TPSA) is 59.0 Å². The van der Waals surface area contributed by atoms with Crippen LogP contribution in [-0.4, -0.2) is 33.8 Å². The molecule has 0 spiro atoms. The molecule has 138 valence electrons. The van der Waals surface area contributed by atoms with Crippen molar-refractivity contribution in [2.24, 2.45) is 10.9 Å². The van der Waals surface area contributed by atoms with Gasteiger partial charge in [-0.1, -0.05) is 62.9 Å².